The third-order valence-electron chi connectivity index (χ3n) is 3.95. The molecule has 1 aromatic heterocycles. The van der Waals surface area contributed by atoms with Crippen LogP contribution in [-0.4, -0.2) is 23.5 Å². The standard InChI is InChI=1S/C19H18N4O3/c1-19(2,3)14-8-12(9-20)4-6-15(14)26-16-7-5-13(10-21-16)23-17(24)11-22-18(23)25/h4-8,10H,11H2,1-3H3,(H,22,25). The fourth-order valence-electron chi connectivity index (χ4n) is 2.64. The number of hydrogen-bond acceptors (Lipinski definition) is 5. The highest BCUT2D eigenvalue weighted by Crippen LogP contribution is 2.34. The second-order valence-corrected chi connectivity index (χ2v) is 6.92. The summed E-state index contributed by atoms with van der Waals surface area (Å²) in [5.41, 5.74) is 1.61. The van der Waals surface area contributed by atoms with Gasteiger partial charge in [0.2, 0.25) is 5.88 Å². The summed E-state index contributed by atoms with van der Waals surface area (Å²) in [6, 6.07) is 10.1. The van der Waals surface area contributed by atoms with Gasteiger partial charge in [-0.3, -0.25) is 4.79 Å². The van der Waals surface area contributed by atoms with Crippen LogP contribution in [0.1, 0.15) is 31.9 Å². The largest absolute Gasteiger partial charge is 0.439 e. The lowest BCUT2D eigenvalue weighted by molar-refractivity contribution is -0.115. The number of urea groups is 1. The number of anilines is 1. The normalized spacial score (nSPS) is 14.2. The van der Waals surface area contributed by atoms with Gasteiger partial charge >= 0.3 is 6.03 Å². The Labute approximate surface area is 151 Å². The summed E-state index contributed by atoms with van der Waals surface area (Å²) in [5.74, 6) is 0.607. The van der Waals surface area contributed by atoms with Crippen molar-refractivity contribution in [3.05, 3.63) is 47.7 Å². The van der Waals surface area contributed by atoms with Crippen molar-refractivity contribution in [1.29, 1.82) is 5.26 Å². The Morgan fingerprint density at radius 1 is 1.23 bits per heavy atom. The molecule has 0 bridgehead atoms. The van der Waals surface area contributed by atoms with E-state index in [-0.39, 0.29) is 17.9 Å². The lowest BCUT2D eigenvalue weighted by Gasteiger charge is -2.22. The molecule has 1 aromatic carbocycles. The van der Waals surface area contributed by atoms with E-state index in [0.29, 0.717) is 22.9 Å². The number of nitrogens with zero attached hydrogens (tertiary/aromatic N) is 3. The average Bonchev–Trinajstić information content (AvgIpc) is 2.94. The molecule has 2 heterocycles. The van der Waals surface area contributed by atoms with Crippen LogP contribution in [0.3, 0.4) is 0 Å². The number of aromatic nitrogens is 1. The Morgan fingerprint density at radius 3 is 2.54 bits per heavy atom. The topological polar surface area (TPSA) is 95.3 Å². The third-order valence-corrected chi connectivity index (χ3v) is 3.95. The molecular weight excluding hydrogens is 332 g/mol. The van der Waals surface area contributed by atoms with Crippen molar-refractivity contribution in [1.82, 2.24) is 10.3 Å². The summed E-state index contributed by atoms with van der Waals surface area (Å²) >= 11 is 0. The minimum atomic E-state index is -0.465. The van der Waals surface area contributed by atoms with Gasteiger partial charge in [0.15, 0.2) is 0 Å². The van der Waals surface area contributed by atoms with Crippen LogP contribution in [-0.2, 0) is 10.2 Å². The number of hydrogen-bond donors (Lipinski definition) is 1. The first-order chi connectivity index (χ1) is 12.3. The van der Waals surface area contributed by atoms with Gasteiger partial charge in [-0.1, -0.05) is 20.8 Å². The van der Waals surface area contributed by atoms with Crippen molar-refractivity contribution >= 4 is 17.6 Å². The quantitative estimate of drug-likeness (QED) is 0.858. The molecule has 7 nitrogen and oxygen atoms in total. The maximum atomic E-state index is 11.7. The van der Waals surface area contributed by atoms with Crippen LogP contribution in [0, 0.1) is 11.3 Å². The van der Waals surface area contributed by atoms with Gasteiger partial charge in [0.25, 0.3) is 5.91 Å². The van der Waals surface area contributed by atoms with E-state index in [1.165, 1.54) is 6.20 Å². The predicted octanol–water partition coefficient (Wildman–Crippen LogP) is 3.10. The molecule has 2 aromatic rings. The van der Waals surface area contributed by atoms with Crippen molar-refractivity contribution < 1.29 is 14.3 Å². The molecule has 0 aliphatic carbocycles. The molecule has 0 saturated carbocycles. The molecule has 0 atom stereocenters. The first kappa shape index (κ1) is 17.4. The first-order valence-corrected chi connectivity index (χ1v) is 8.09. The summed E-state index contributed by atoms with van der Waals surface area (Å²) in [6.07, 6.45) is 1.42. The average molecular weight is 350 g/mol. The highest BCUT2D eigenvalue weighted by atomic mass is 16.5. The number of nitriles is 1. The molecule has 1 N–H and O–H groups in total. The Bertz CT molecular complexity index is 892. The van der Waals surface area contributed by atoms with Gasteiger partial charge < -0.3 is 10.1 Å². The fourth-order valence-corrected chi connectivity index (χ4v) is 2.64. The van der Waals surface area contributed by atoms with Crippen molar-refractivity contribution in [2.75, 3.05) is 11.4 Å². The summed E-state index contributed by atoms with van der Waals surface area (Å²) in [6.45, 7) is 6.08. The molecular formula is C19H18N4O3. The zero-order valence-electron chi connectivity index (χ0n) is 14.7. The van der Waals surface area contributed by atoms with Crippen molar-refractivity contribution in [3.8, 4) is 17.7 Å². The molecule has 1 fully saturated rings. The fraction of sp³-hybridized carbons (Fsp3) is 0.263. The summed E-state index contributed by atoms with van der Waals surface area (Å²) < 4.78 is 5.88. The summed E-state index contributed by atoms with van der Waals surface area (Å²) in [7, 11) is 0. The van der Waals surface area contributed by atoms with E-state index >= 15 is 0 Å². The van der Waals surface area contributed by atoms with E-state index < -0.39 is 6.03 Å². The summed E-state index contributed by atoms with van der Waals surface area (Å²) in [5, 5.41) is 11.6. The maximum Gasteiger partial charge on any atom is 0.329 e. The van der Waals surface area contributed by atoms with Crippen molar-refractivity contribution in [2.45, 2.75) is 26.2 Å². The van der Waals surface area contributed by atoms with Crippen LogP contribution in [0.4, 0.5) is 10.5 Å². The minimum absolute atomic E-state index is 0.0166. The van der Waals surface area contributed by atoms with Crippen LogP contribution in [0.25, 0.3) is 0 Å². The zero-order valence-corrected chi connectivity index (χ0v) is 14.7. The van der Waals surface area contributed by atoms with Crippen molar-refractivity contribution in [3.63, 3.8) is 0 Å². The van der Waals surface area contributed by atoms with Gasteiger partial charge in [-0.15, -0.1) is 0 Å². The SMILES string of the molecule is CC(C)(C)c1cc(C#N)ccc1Oc1ccc(N2C(=O)CNC2=O)cn1. The molecule has 0 radical (unpaired) electrons. The van der Waals surface area contributed by atoms with Gasteiger partial charge in [-0.05, 0) is 29.7 Å². The van der Waals surface area contributed by atoms with Crippen molar-refractivity contribution in [2.24, 2.45) is 0 Å². The van der Waals surface area contributed by atoms with E-state index in [1.54, 1.807) is 30.3 Å². The number of imide groups is 1. The smallest absolute Gasteiger partial charge is 0.329 e. The van der Waals surface area contributed by atoms with Gasteiger partial charge in [0.05, 0.1) is 30.1 Å². The highest BCUT2D eigenvalue weighted by Gasteiger charge is 2.30. The number of carbonyl (C=O) groups is 2. The Morgan fingerprint density at radius 2 is 2.00 bits per heavy atom. The van der Waals surface area contributed by atoms with Crippen LogP contribution >= 0.6 is 0 Å². The third kappa shape index (κ3) is 3.35. The first-order valence-electron chi connectivity index (χ1n) is 8.09. The molecule has 0 unspecified atom stereocenters. The number of ether oxygens (including phenoxy) is 1. The molecule has 0 spiro atoms. The number of nitrogens with one attached hydrogen (secondary N) is 1. The molecule has 26 heavy (non-hydrogen) atoms. The van der Waals surface area contributed by atoms with Gasteiger partial charge in [0.1, 0.15) is 5.75 Å². The number of carbonyl (C=O) groups excluding carboxylic acids is 2. The Kier molecular flexibility index (Phi) is 4.34. The number of amides is 3. The van der Waals surface area contributed by atoms with Crippen LogP contribution in [0.5, 0.6) is 11.6 Å². The van der Waals surface area contributed by atoms with Gasteiger partial charge in [-0.2, -0.15) is 5.26 Å². The lowest BCUT2D eigenvalue weighted by atomic mass is 9.85. The molecule has 1 aliphatic rings. The molecule has 3 amide bonds. The van der Waals surface area contributed by atoms with Crippen LogP contribution < -0.4 is 15.0 Å². The van der Waals surface area contributed by atoms with Gasteiger partial charge in [-0.25, -0.2) is 14.7 Å². The van der Waals surface area contributed by atoms with Gasteiger partial charge in [0, 0.05) is 11.6 Å². The minimum Gasteiger partial charge on any atom is -0.439 e. The molecule has 1 saturated heterocycles. The lowest BCUT2D eigenvalue weighted by Crippen LogP contribution is -2.30. The molecule has 1 aliphatic heterocycles. The van der Waals surface area contributed by atoms with E-state index in [1.807, 2.05) is 20.8 Å². The monoisotopic (exact) mass is 350 g/mol. The second-order valence-electron chi connectivity index (χ2n) is 6.92. The van der Waals surface area contributed by atoms with Crippen LogP contribution in [0.2, 0.25) is 0 Å². The second kappa shape index (κ2) is 6.48. The zero-order chi connectivity index (χ0) is 18.9. The maximum absolute atomic E-state index is 11.7. The number of pyridine rings is 1. The van der Waals surface area contributed by atoms with E-state index in [2.05, 4.69) is 16.4 Å². The predicted molar refractivity (Wildman–Crippen MR) is 95.1 cm³/mol. The van der Waals surface area contributed by atoms with E-state index in [9.17, 15) is 9.59 Å². The molecule has 3 rings (SSSR count). The van der Waals surface area contributed by atoms with E-state index in [0.717, 1.165) is 10.5 Å². The van der Waals surface area contributed by atoms with E-state index in [4.69, 9.17) is 10.00 Å². The Balaban J connectivity index is 1.87. The number of rotatable bonds is 3. The molecule has 7 heteroatoms. The van der Waals surface area contributed by atoms with Crippen LogP contribution in [0.15, 0.2) is 36.5 Å². The highest BCUT2D eigenvalue weighted by molar-refractivity contribution is 6.19. The number of benzene rings is 1. The molecule has 132 valence electrons. The summed E-state index contributed by atoms with van der Waals surface area (Å²) in [4.78, 5) is 28.7. The Hall–Kier alpha value is -3.40.